The van der Waals surface area contributed by atoms with Crippen LogP contribution in [0.5, 0.6) is 0 Å². The van der Waals surface area contributed by atoms with Gasteiger partial charge in [-0.2, -0.15) is 0 Å². The average molecular weight is 146 g/mol. The summed E-state index contributed by atoms with van der Waals surface area (Å²) < 4.78 is 17.3. The number of halogens is 1. The molecule has 0 aliphatic heterocycles. The Morgan fingerprint density at radius 2 is 2.10 bits per heavy atom. The zero-order chi connectivity index (χ0) is 7.98. The molecule has 0 rings (SSSR count). The fourth-order valence-electron chi connectivity index (χ4n) is 0.484. The third-order valence-electron chi connectivity index (χ3n) is 0.984. The zero-order valence-electron chi connectivity index (χ0n) is 6.64. The van der Waals surface area contributed by atoms with E-state index in [0.717, 1.165) is 0 Å². The quantitative estimate of drug-likeness (QED) is 0.540. The molecule has 1 nitrogen and oxygen atoms in total. The minimum Gasteiger partial charge on any atom is -0.378 e. The third-order valence-corrected chi connectivity index (χ3v) is 0.984. The molecule has 0 heterocycles. The van der Waals surface area contributed by atoms with Crippen molar-refractivity contribution < 1.29 is 9.13 Å². The van der Waals surface area contributed by atoms with Crippen LogP contribution >= 0.6 is 0 Å². The Morgan fingerprint density at radius 3 is 2.50 bits per heavy atom. The Bertz CT molecular complexity index is 91.3. The van der Waals surface area contributed by atoms with Gasteiger partial charge in [-0.3, -0.25) is 0 Å². The van der Waals surface area contributed by atoms with Gasteiger partial charge in [0.05, 0.1) is 6.61 Å². The van der Waals surface area contributed by atoms with Crippen LogP contribution in [0, 0.1) is 5.92 Å². The van der Waals surface area contributed by atoms with Crippen molar-refractivity contribution in [3.05, 3.63) is 12.7 Å². The molecule has 0 aromatic rings. The van der Waals surface area contributed by atoms with Crippen LogP contribution in [0.25, 0.3) is 0 Å². The summed E-state index contributed by atoms with van der Waals surface area (Å²) in [7, 11) is 0. The molecule has 0 saturated heterocycles. The predicted octanol–water partition coefficient (Wildman–Crippen LogP) is 2.18. The summed E-state index contributed by atoms with van der Waals surface area (Å²) in [6.07, 6.45) is 0.235. The Hall–Kier alpha value is -0.370. The zero-order valence-corrected chi connectivity index (χ0v) is 6.64. The first-order valence-corrected chi connectivity index (χ1v) is 3.51. The van der Waals surface area contributed by atoms with Gasteiger partial charge in [0.25, 0.3) is 0 Å². The fraction of sp³-hybridized carbons (Fsp3) is 0.750. The summed E-state index contributed by atoms with van der Waals surface area (Å²) in [5.41, 5.74) is 0. The monoisotopic (exact) mass is 146 g/mol. The van der Waals surface area contributed by atoms with Crippen molar-refractivity contribution >= 4 is 0 Å². The third kappa shape index (κ3) is 5.76. The fourth-order valence-corrected chi connectivity index (χ4v) is 0.484. The molecule has 10 heavy (non-hydrogen) atoms. The number of hydrogen-bond donors (Lipinski definition) is 0. The average Bonchev–Trinajstić information content (AvgIpc) is 1.87. The molecule has 2 heteroatoms. The molecule has 0 aromatic carbocycles. The summed E-state index contributed by atoms with van der Waals surface area (Å²) >= 11 is 0. The van der Waals surface area contributed by atoms with Gasteiger partial charge in [0.2, 0.25) is 0 Å². The highest BCUT2D eigenvalue weighted by molar-refractivity contribution is 4.77. The molecule has 1 unspecified atom stereocenters. The van der Waals surface area contributed by atoms with Crippen LogP contribution in [0.3, 0.4) is 0 Å². The van der Waals surface area contributed by atoms with Crippen molar-refractivity contribution in [1.82, 2.24) is 0 Å². The summed E-state index contributed by atoms with van der Waals surface area (Å²) in [4.78, 5) is 0. The molecular formula is C8H15FO. The van der Waals surface area contributed by atoms with Crippen molar-refractivity contribution in [2.75, 3.05) is 13.2 Å². The molecular weight excluding hydrogens is 131 g/mol. The second kappa shape index (κ2) is 5.42. The molecule has 0 radical (unpaired) electrons. The SMILES string of the molecule is C=CC(F)COCC(C)C. The van der Waals surface area contributed by atoms with Crippen molar-refractivity contribution in [2.45, 2.75) is 20.0 Å². The van der Waals surface area contributed by atoms with Crippen molar-refractivity contribution in [3.63, 3.8) is 0 Å². The number of rotatable bonds is 5. The minimum atomic E-state index is -1.02. The second-order valence-electron chi connectivity index (χ2n) is 2.68. The normalized spacial score (nSPS) is 13.6. The largest absolute Gasteiger partial charge is 0.378 e. The summed E-state index contributed by atoms with van der Waals surface area (Å²) in [5, 5.41) is 0. The molecule has 0 saturated carbocycles. The van der Waals surface area contributed by atoms with Gasteiger partial charge in [0, 0.05) is 6.61 Å². The van der Waals surface area contributed by atoms with E-state index in [1.54, 1.807) is 0 Å². The summed E-state index contributed by atoms with van der Waals surface area (Å²) in [6, 6.07) is 0. The predicted molar refractivity (Wildman–Crippen MR) is 40.8 cm³/mol. The van der Waals surface area contributed by atoms with E-state index in [9.17, 15) is 4.39 Å². The van der Waals surface area contributed by atoms with E-state index >= 15 is 0 Å². The second-order valence-corrected chi connectivity index (χ2v) is 2.68. The maximum absolute atomic E-state index is 12.3. The Labute approximate surface area is 61.9 Å². The van der Waals surface area contributed by atoms with E-state index in [1.165, 1.54) is 6.08 Å². The van der Waals surface area contributed by atoms with Crippen LogP contribution in [0.1, 0.15) is 13.8 Å². The molecule has 0 fully saturated rings. The molecule has 0 N–H and O–H groups in total. The number of hydrogen-bond acceptors (Lipinski definition) is 1. The van der Waals surface area contributed by atoms with Gasteiger partial charge in [0.1, 0.15) is 6.17 Å². The Kier molecular flexibility index (Phi) is 5.22. The van der Waals surface area contributed by atoms with Crippen molar-refractivity contribution in [2.24, 2.45) is 5.92 Å². The molecule has 0 amide bonds. The molecule has 0 aliphatic rings. The molecule has 0 aromatic heterocycles. The summed E-state index contributed by atoms with van der Waals surface area (Å²) in [6.45, 7) is 8.12. The first-order valence-electron chi connectivity index (χ1n) is 3.51. The lowest BCUT2D eigenvalue weighted by molar-refractivity contribution is 0.0783. The van der Waals surface area contributed by atoms with E-state index in [-0.39, 0.29) is 6.61 Å². The molecule has 1 atom stereocenters. The van der Waals surface area contributed by atoms with Gasteiger partial charge >= 0.3 is 0 Å². The highest BCUT2D eigenvalue weighted by Crippen LogP contribution is 1.96. The highest BCUT2D eigenvalue weighted by Gasteiger charge is 2.00. The summed E-state index contributed by atoms with van der Waals surface area (Å²) in [5.74, 6) is 0.469. The van der Waals surface area contributed by atoms with E-state index in [4.69, 9.17) is 4.74 Å². The number of ether oxygens (including phenoxy) is 1. The topological polar surface area (TPSA) is 9.23 Å². The van der Waals surface area contributed by atoms with Crippen LogP contribution in [0.15, 0.2) is 12.7 Å². The van der Waals surface area contributed by atoms with Gasteiger partial charge in [-0.15, -0.1) is 6.58 Å². The lowest BCUT2D eigenvalue weighted by Crippen LogP contribution is -2.10. The first-order chi connectivity index (χ1) is 4.66. The number of alkyl halides is 1. The van der Waals surface area contributed by atoms with Crippen LogP contribution in [0.4, 0.5) is 4.39 Å². The molecule has 0 spiro atoms. The Balaban J connectivity index is 3.11. The molecule has 60 valence electrons. The van der Waals surface area contributed by atoms with Crippen LogP contribution in [-0.2, 0) is 4.74 Å². The van der Waals surface area contributed by atoms with E-state index in [0.29, 0.717) is 12.5 Å². The van der Waals surface area contributed by atoms with Crippen LogP contribution < -0.4 is 0 Å². The lowest BCUT2D eigenvalue weighted by atomic mass is 10.2. The standard InChI is InChI=1S/C8H15FO/c1-4-8(9)6-10-5-7(2)3/h4,7-8H,1,5-6H2,2-3H3. The lowest BCUT2D eigenvalue weighted by Gasteiger charge is -2.06. The van der Waals surface area contributed by atoms with Gasteiger partial charge in [-0.1, -0.05) is 19.9 Å². The van der Waals surface area contributed by atoms with Gasteiger partial charge < -0.3 is 4.74 Å². The molecule has 0 aliphatic carbocycles. The minimum absolute atomic E-state index is 0.141. The van der Waals surface area contributed by atoms with Gasteiger partial charge in [0.15, 0.2) is 0 Å². The van der Waals surface area contributed by atoms with Crippen LogP contribution in [-0.4, -0.2) is 19.4 Å². The van der Waals surface area contributed by atoms with Gasteiger partial charge in [-0.05, 0) is 5.92 Å². The van der Waals surface area contributed by atoms with E-state index in [1.807, 2.05) is 13.8 Å². The highest BCUT2D eigenvalue weighted by atomic mass is 19.1. The van der Waals surface area contributed by atoms with E-state index in [2.05, 4.69) is 6.58 Å². The molecule has 0 bridgehead atoms. The van der Waals surface area contributed by atoms with Crippen molar-refractivity contribution in [1.29, 1.82) is 0 Å². The first kappa shape index (κ1) is 9.63. The van der Waals surface area contributed by atoms with E-state index < -0.39 is 6.17 Å². The van der Waals surface area contributed by atoms with Crippen molar-refractivity contribution in [3.8, 4) is 0 Å². The maximum Gasteiger partial charge on any atom is 0.141 e. The van der Waals surface area contributed by atoms with Gasteiger partial charge in [-0.25, -0.2) is 4.39 Å². The van der Waals surface area contributed by atoms with Crippen LogP contribution in [0.2, 0.25) is 0 Å². The maximum atomic E-state index is 12.3. The smallest absolute Gasteiger partial charge is 0.141 e. The Morgan fingerprint density at radius 1 is 1.50 bits per heavy atom.